The van der Waals surface area contributed by atoms with Gasteiger partial charge >= 0.3 is 6.18 Å². The van der Waals surface area contributed by atoms with E-state index >= 15 is 0 Å². The second kappa shape index (κ2) is 7.86. The Kier molecular flexibility index (Phi) is 5.86. The fraction of sp³-hybridized carbons (Fsp3) is 0.417. The van der Waals surface area contributed by atoms with Crippen LogP contribution in [0, 0.1) is 12.7 Å². The number of nitrogens with one attached hydrogen (secondary N) is 1. The zero-order valence-corrected chi connectivity index (χ0v) is 18.4. The molecule has 1 heterocycles. The minimum atomic E-state index is -4.86. The average molecular weight is 436 g/mol. The van der Waals surface area contributed by atoms with Gasteiger partial charge in [-0.2, -0.15) is 13.2 Å². The van der Waals surface area contributed by atoms with Gasteiger partial charge in [0.25, 0.3) is 0 Å². The molecule has 2 N–H and O–H groups in total. The SMILES string of the molecule is Cc1ccc(F)cc1C(C)(C)CC(O)(Cc1cc2cc(N(C)C)ccc2[nH]1)C(F)(F)F. The highest BCUT2D eigenvalue weighted by Crippen LogP contribution is 2.44. The maximum Gasteiger partial charge on any atom is 0.417 e. The van der Waals surface area contributed by atoms with E-state index in [-0.39, 0.29) is 5.69 Å². The third-order valence-corrected chi connectivity index (χ3v) is 5.85. The lowest BCUT2D eigenvalue weighted by molar-refractivity contribution is -0.266. The minimum Gasteiger partial charge on any atom is -0.380 e. The van der Waals surface area contributed by atoms with Crippen LogP contribution in [0.3, 0.4) is 0 Å². The highest BCUT2D eigenvalue weighted by Gasteiger charge is 2.56. The molecule has 168 valence electrons. The van der Waals surface area contributed by atoms with Crippen molar-refractivity contribution in [2.24, 2.45) is 0 Å². The molecule has 0 aliphatic heterocycles. The molecule has 0 fully saturated rings. The number of hydrogen-bond donors (Lipinski definition) is 2. The molecule has 0 saturated carbocycles. The molecule has 1 aromatic heterocycles. The van der Waals surface area contributed by atoms with Crippen LogP contribution in [0.25, 0.3) is 10.9 Å². The van der Waals surface area contributed by atoms with E-state index in [2.05, 4.69) is 4.98 Å². The normalized spacial score (nSPS) is 14.6. The molecule has 0 aliphatic rings. The van der Waals surface area contributed by atoms with Gasteiger partial charge in [-0.1, -0.05) is 19.9 Å². The molecule has 3 rings (SSSR count). The molecule has 1 atom stereocenters. The van der Waals surface area contributed by atoms with Gasteiger partial charge in [-0.3, -0.25) is 0 Å². The van der Waals surface area contributed by atoms with Gasteiger partial charge in [-0.05, 0) is 66.3 Å². The number of fused-ring (bicyclic) bond motifs is 1. The van der Waals surface area contributed by atoms with Crippen molar-refractivity contribution in [3.63, 3.8) is 0 Å². The lowest BCUT2D eigenvalue weighted by atomic mass is 9.72. The van der Waals surface area contributed by atoms with Gasteiger partial charge in [0.15, 0.2) is 5.60 Å². The van der Waals surface area contributed by atoms with Crippen molar-refractivity contribution in [1.82, 2.24) is 4.98 Å². The van der Waals surface area contributed by atoms with E-state index < -0.39 is 35.9 Å². The molecule has 0 aliphatic carbocycles. The first kappa shape index (κ1) is 23.1. The Morgan fingerprint density at radius 3 is 2.29 bits per heavy atom. The first-order valence-corrected chi connectivity index (χ1v) is 10.1. The molecule has 3 aromatic rings. The van der Waals surface area contributed by atoms with Crippen molar-refractivity contribution in [3.05, 3.63) is 65.1 Å². The number of anilines is 1. The van der Waals surface area contributed by atoms with E-state index in [0.29, 0.717) is 16.6 Å². The Morgan fingerprint density at radius 2 is 1.68 bits per heavy atom. The number of rotatable bonds is 6. The number of aryl methyl sites for hydroxylation is 1. The largest absolute Gasteiger partial charge is 0.417 e. The monoisotopic (exact) mass is 436 g/mol. The van der Waals surface area contributed by atoms with Gasteiger partial charge in [0.05, 0.1) is 0 Å². The maximum absolute atomic E-state index is 14.1. The Balaban J connectivity index is 1.97. The van der Waals surface area contributed by atoms with E-state index in [0.717, 1.165) is 11.1 Å². The third-order valence-electron chi connectivity index (χ3n) is 5.85. The Labute approximate surface area is 179 Å². The standard InChI is InChI=1S/C24H28F4N2O/c1-15-6-7-17(25)12-20(15)22(2,3)14-23(31,24(26,27)28)13-18-10-16-11-19(30(4)5)8-9-21(16)29-18/h6-12,29,31H,13-14H2,1-5H3. The number of aliphatic hydroxyl groups is 1. The maximum atomic E-state index is 14.1. The Morgan fingerprint density at radius 1 is 1.00 bits per heavy atom. The van der Waals surface area contributed by atoms with E-state index in [1.165, 1.54) is 12.1 Å². The van der Waals surface area contributed by atoms with Crippen LogP contribution in [-0.4, -0.2) is 36.0 Å². The smallest absolute Gasteiger partial charge is 0.380 e. The summed E-state index contributed by atoms with van der Waals surface area (Å²) >= 11 is 0. The van der Waals surface area contributed by atoms with Crippen LogP contribution in [0.5, 0.6) is 0 Å². The van der Waals surface area contributed by atoms with Gasteiger partial charge < -0.3 is 15.0 Å². The van der Waals surface area contributed by atoms with Crippen LogP contribution in [0.1, 0.15) is 37.1 Å². The van der Waals surface area contributed by atoms with Crippen molar-refractivity contribution < 1.29 is 22.7 Å². The number of halogens is 4. The summed E-state index contributed by atoms with van der Waals surface area (Å²) in [5, 5.41) is 11.6. The number of hydrogen-bond acceptors (Lipinski definition) is 2. The number of H-pyrrole nitrogens is 1. The Bertz CT molecular complexity index is 1080. The van der Waals surface area contributed by atoms with E-state index in [1.807, 2.05) is 31.1 Å². The van der Waals surface area contributed by atoms with E-state index in [4.69, 9.17) is 0 Å². The fourth-order valence-corrected chi connectivity index (χ4v) is 4.28. The molecule has 2 aromatic carbocycles. The predicted molar refractivity (Wildman–Crippen MR) is 116 cm³/mol. The van der Waals surface area contributed by atoms with Gasteiger partial charge in [-0.25, -0.2) is 4.39 Å². The number of nitrogens with zero attached hydrogens (tertiary/aromatic N) is 1. The lowest BCUT2D eigenvalue weighted by Gasteiger charge is -2.38. The van der Waals surface area contributed by atoms with E-state index in [9.17, 15) is 22.7 Å². The quantitative estimate of drug-likeness (QED) is 0.473. The highest BCUT2D eigenvalue weighted by molar-refractivity contribution is 5.84. The van der Waals surface area contributed by atoms with Crippen molar-refractivity contribution in [2.45, 2.75) is 50.8 Å². The van der Waals surface area contributed by atoms with E-state index in [1.54, 1.807) is 39.0 Å². The topological polar surface area (TPSA) is 39.3 Å². The van der Waals surface area contributed by atoms with Crippen LogP contribution in [-0.2, 0) is 11.8 Å². The number of alkyl halides is 3. The first-order valence-electron chi connectivity index (χ1n) is 10.1. The zero-order valence-electron chi connectivity index (χ0n) is 18.4. The average Bonchev–Trinajstić information content (AvgIpc) is 3.03. The third kappa shape index (κ3) is 4.71. The van der Waals surface area contributed by atoms with Gasteiger partial charge in [-0.15, -0.1) is 0 Å². The van der Waals surface area contributed by atoms with Crippen molar-refractivity contribution >= 4 is 16.6 Å². The van der Waals surface area contributed by atoms with Gasteiger partial charge in [0.1, 0.15) is 5.82 Å². The summed E-state index contributed by atoms with van der Waals surface area (Å²) in [4.78, 5) is 4.90. The molecule has 0 bridgehead atoms. The van der Waals surface area contributed by atoms with Crippen molar-refractivity contribution in [2.75, 3.05) is 19.0 Å². The van der Waals surface area contributed by atoms with Crippen LogP contribution in [0.4, 0.5) is 23.2 Å². The highest BCUT2D eigenvalue weighted by atomic mass is 19.4. The van der Waals surface area contributed by atoms with Crippen molar-refractivity contribution in [3.8, 4) is 0 Å². The lowest BCUT2D eigenvalue weighted by Crippen LogP contribution is -2.51. The van der Waals surface area contributed by atoms with Gasteiger partial charge in [0, 0.05) is 42.8 Å². The summed E-state index contributed by atoms with van der Waals surface area (Å²) in [7, 11) is 3.77. The minimum absolute atomic E-state index is 0.289. The number of aromatic nitrogens is 1. The molecule has 0 amide bonds. The fourth-order valence-electron chi connectivity index (χ4n) is 4.28. The molecule has 0 saturated heterocycles. The van der Waals surface area contributed by atoms with Crippen LogP contribution >= 0.6 is 0 Å². The number of benzene rings is 2. The molecular weight excluding hydrogens is 408 g/mol. The van der Waals surface area contributed by atoms with Crippen LogP contribution in [0.2, 0.25) is 0 Å². The molecule has 1 unspecified atom stereocenters. The van der Waals surface area contributed by atoms with Crippen LogP contribution < -0.4 is 4.90 Å². The van der Waals surface area contributed by atoms with Crippen LogP contribution in [0.15, 0.2) is 42.5 Å². The second-order valence-electron chi connectivity index (χ2n) is 9.19. The molecule has 7 heteroatoms. The summed E-state index contributed by atoms with van der Waals surface area (Å²) < 4.78 is 56.1. The molecule has 31 heavy (non-hydrogen) atoms. The Hall–Kier alpha value is -2.54. The first-order chi connectivity index (χ1) is 14.2. The molecule has 3 nitrogen and oxygen atoms in total. The predicted octanol–water partition coefficient (Wildman–Crippen LogP) is 5.89. The van der Waals surface area contributed by atoms with Gasteiger partial charge in [0.2, 0.25) is 0 Å². The second-order valence-corrected chi connectivity index (χ2v) is 9.19. The summed E-state index contributed by atoms with van der Waals surface area (Å²) in [6.45, 7) is 4.92. The molecule has 0 radical (unpaired) electrons. The zero-order chi connectivity index (χ0) is 23.2. The van der Waals surface area contributed by atoms with Crippen molar-refractivity contribution in [1.29, 1.82) is 0 Å². The number of aromatic amines is 1. The summed E-state index contributed by atoms with van der Waals surface area (Å²) in [6.07, 6.45) is -6.09. The molecule has 0 spiro atoms. The summed E-state index contributed by atoms with van der Waals surface area (Å²) in [6, 6.07) is 11.3. The summed E-state index contributed by atoms with van der Waals surface area (Å²) in [5.41, 5.74) is -1.06. The molecular formula is C24H28F4N2O. The summed E-state index contributed by atoms with van der Waals surface area (Å²) in [5.74, 6) is -0.517.